The van der Waals surface area contributed by atoms with Gasteiger partial charge >= 0.3 is 12.4 Å². The number of nitrogens with zero attached hydrogens (tertiary/aromatic N) is 4. The highest BCUT2D eigenvalue weighted by molar-refractivity contribution is 5.57. The van der Waals surface area contributed by atoms with Gasteiger partial charge in [0.25, 0.3) is 0 Å². The minimum atomic E-state index is -4.94. The Labute approximate surface area is 119 Å². The van der Waals surface area contributed by atoms with Crippen molar-refractivity contribution >= 4 is 0 Å². The topological polar surface area (TPSA) is 43.6 Å². The first-order valence-electron chi connectivity index (χ1n) is 5.62. The van der Waals surface area contributed by atoms with Crippen molar-refractivity contribution in [1.29, 1.82) is 0 Å². The summed E-state index contributed by atoms with van der Waals surface area (Å²) in [5.41, 5.74) is -3.36. The van der Waals surface area contributed by atoms with E-state index in [0.29, 0.717) is 12.1 Å². The third kappa shape index (κ3) is 3.36. The predicted octanol–water partition coefficient (Wildman–Crippen LogP) is 3.01. The van der Waals surface area contributed by atoms with E-state index < -0.39 is 29.0 Å². The smallest absolute Gasteiger partial charge is 0.166 e. The second kappa shape index (κ2) is 5.32. The molecule has 0 saturated heterocycles. The van der Waals surface area contributed by atoms with E-state index in [1.165, 1.54) is 0 Å². The third-order valence-electron chi connectivity index (χ3n) is 2.53. The molecule has 0 aliphatic rings. The Kier molecular flexibility index (Phi) is 3.83. The maximum Gasteiger partial charge on any atom is 0.416 e. The van der Waals surface area contributed by atoms with E-state index >= 15 is 0 Å². The van der Waals surface area contributed by atoms with Gasteiger partial charge in [0.1, 0.15) is 6.54 Å². The third-order valence-corrected chi connectivity index (χ3v) is 2.53. The van der Waals surface area contributed by atoms with E-state index in [9.17, 15) is 26.3 Å². The number of hydrogen-bond donors (Lipinski definition) is 0. The van der Waals surface area contributed by atoms with Crippen LogP contribution in [-0.2, 0) is 18.9 Å². The lowest BCUT2D eigenvalue weighted by atomic mass is 10.0. The van der Waals surface area contributed by atoms with E-state index in [4.69, 9.17) is 6.42 Å². The number of aromatic nitrogens is 4. The molecule has 0 spiro atoms. The summed E-state index contributed by atoms with van der Waals surface area (Å²) in [6, 6.07) is 1.06. The number of rotatable bonds is 2. The molecule has 0 aliphatic heterocycles. The van der Waals surface area contributed by atoms with Crippen LogP contribution < -0.4 is 0 Å². The van der Waals surface area contributed by atoms with E-state index in [-0.39, 0.29) is 18.4 Å². The predicted molar refractivity (Wildman–Crippen MR) is 62.1 cm³/mol. The average Bonchev–Trinajstić information content (AvgIpc) is 2.85. The standard InChI is InChI=1S/C12H6F6N4/c1-2-3-22-20-10(19-21-22)7-4-8(11(13,14)15)6-9(5-7)12(16,17)18/h1,4-6H,3H2. The SMILES string of the molecule is C#CCn1nnc(-c2cc(C(F)(F)F)cc(C(F)(F)F)c2)n1. The zero-order valence-electron chi connectivity index (χ0n) is 10.6. The zero-order chi connectivity index (χ0) is 16.5. The van der Waals surface area contributed by atoms with Gasteiger partial charge in [0.15, 0.2) is 0 Å². The highest BCUT2D eigenvalue weighted by Crippen LogP contribution is 2.37. The van der Waals surface area contributed by atoms with Gasteiger partial charge < -0.3 is 0 Å². The van der Waals surface area contributed by atoms with Gasteiger partial charge in [0, 0.05) is 5.56 Å². The largest absolute Gasteiger partial charge is 0.416 e. The molecule has 0 fully saturated rings. The number of alkyl halides is 6. The molecule has 0 aliphatic carbocycles. The molecule has 1 heterocycles. The fraction of sp³-hybridized carbons (Fsp3) is 0.250. The fourth-order valence-electron chi connectivity index (χ4n) is 1.59. The van der Waals surface area contributed by atoms with Crippen LogP contribution in [0.15, 0.2) is 18.2 Å². The van der Waals surface area contributed by atoms with Crippen LogP contribution in [0.3, 0.4) is 0 Å². The molecule has 22 heavy (non-hydrogen) atoms. The van der Waals surface area contributed by atoms with Crippen molar-refractivity contribution in [2.45, 2.75) is 18.9 Å². The van der Waals surface area contributed by atoms with E-state index in [1.807, 2.05) is 0 Å². The zero-order valence-corrected chi connectivity index (χ0v) is 10.6. The van der Waals surface area contributed by atoms with Gasteiger partial charge in [0.05, 0.1) is 11.1 Å². The van der Waals surface area contributed by atoms with Gasteiger partial charge in [-0.15, -0.1) is 16.6 Å². The van der Waals surface area contributed by atoms with Gasteiger partial charge in [0.2, 0.25) is 5.82 Å². The maximum atomic E-state index is 12.7. The molecule has 10 heteroatoms. The molecule has 0 unspecified atom stereocenters. The van der Waals surface area contributed by atoms with Gasteiger partial charge in [-0.25, -0.2) is 0 Å². The monoisotopic (exact) mass is 320 g/mol. The van der Waals surface area contributed by atoms with Gasteiger partial charge in [-0.3, -0.25) is 0 Å². The number of hydrogen-bond acceptors (Lipinski definition) is 3. The van der Waals surface area contributed by atoms with Crippen LogP contribution in [0.5, 0.6) is 0 Å². The lowest BCUT2D eigenvalue weighted by Crippen LogP contribution is -2.11. The number of benzene rings is 1. The summed E-state index contributed by atoms with van der Waals surface area (Å²) in [7, 11) is 0. The van der Waals surface area contributed by atoms with E-state index in [1.54, 1.807) is 0 Å². The summed E-state index contributed by atoms with van der Waals surface area (Å²) in [6.45, 7) is -0.113. The Morgan fingerprint density at radius 2 is 1.55 bits per heavy atom. The first-order valence-corrected chi connectivity index (χ1v) is 5.62. The molecule has 0 radical (unpaired) electrons. The molecule has 1 aromatic carbocycles. The summed E-state index contributed by atoms with van der Waals surface area (Å²) in [5.74, 6) is 1.78. The number of halogens is 6. The summed E-state index contributed by atoms with van der Waals surface area (Å²) in [6.07, 6.45) is -4.88. The van der Waals surface area contributed by atoms with Gasteiger partial charge in [-0.05, 0) is 23.4 Å². The summed E-state index contributed by atoms with van der Waals surface area (Å²) < 4.78 is 76.3. The number of terminal acetylenes is 1. The Morgan fingerprint density at radius 3 is 2.00 bits per heavy atom. The van der Waals surface area contributed by atoms with Crippen LogP contribution in [0.25, 0.3) is 11.4 Å². The molecule has 0 atom stereocenters. The van der Waals surface area contributed by atoms with Crippen LogP contribution in [0, 0.1) is 12.3 Å². The Hall–Kier alpha value is -2.57. The molecular weight excluding hydrogens is 314 g/mol. The lowest BCUT2D eigenvalue weighted by Gasteiger charge is -2.12. The second-order valence-electron chi connectivity index (χ2n) is 4.14. The van der Waals surface area contributed by atoms with Gasteiger partial charge in [-0.2, -0.15) is 31.1 Å². The molecule has 116 valence electrons. The molecule has 0 bridgehead atoms. The second-order valence-corrected chi connectivity index (χ2v) is 4.14. The Bertz CT molecular complexity index is 690. The summed E-state index contributed by atoms with van der Waals surface area (Å²) >= 11 is 0. The van der Waals surface area contributed by atoms with Crippen molar-refractivity contribution in [1.82, 2.24) is 20.2 Å². The molecule has 1 aromatic heterocycles. The average molecular weight is 320 g/mol. The van der Waals surface area contributed by atoms with Crippen molar-refractivity contribution in [2.24, 2.45) is 0 Å². The van der Waals surface area contributed by atoms with Crippen molar-refractivity contribution in [2.75, 3.05) is 0 Å². The molecule has 2 rings (SSSR count). The highest BCUT2D eigenvalue weighted by atomic mass is 19.4. The van der Waals surface area contributed by atoms with Crippen LogP contribution >= 0.6 is 0 Å². The number of tetrazole rings is 1. The fourth-order valence-corrected chi connectivity index (χ4v) is 1.59. The van der Waals surface area contributed by atoms with Crippen LogP contribution in [0.1, 0.15) is 11.1 Å². The lowest BCUT2D eigenvalue weighted by molar-refractivity contribution is -0.143. The van der Waals surface area contributed by atoms with Gasteiger partial charge in [-0.1, -0.05) is 5.92 Å². The van der Waals surface area contributed by atoms with Crippen molar-refractivity contribution in [3.63, 3.8) is 0 Å². The van der Waals surface area contributed by atoms with Crippen molar-refractivity contribution in [3.8, 4) is 23.7 Å². The highest BCUT2D eigenvalue weighted by Gasteiger charge is 2.37. The Morgan fingerprint density at radius 1 is 1.00 bits per heavy atom. The summed E-state index contributed by atoms with van der Waals surface area (Å²) in [4.78, 5) is 0.878. The van der Waals surface area contributed by atoms with Crippen molar-refractivity contribution in [3.05, 3.63) is 29.3 Å². The van der Waals surface area contributed by atoms with E-state index in [0.717, 1.165) is 4.80 Å². The first-order chi connectivity index (χ1) is 10.1. The maximum absolute atomic E-state index is 12.7. The summed E-state index contributed by atoms with van der Waals surface area (Å²) in [5, 5.41) is 10.5. The van der Waals surface area contributed by atoms with Crippen molar-refractivity contribution < 1.29 is 26.3 Å². The van der Waals surface area contributed by atoms with Crippen LogP contribution in [0.2, 0.25) is 0 Å². The van der Waals surface area contributed by atoms with Crippen LogP contribution in [-0.4, -0.2) is 20.2 Å². The molecule has 0 N–H and O–H groups in total. The van der Waals surface area contributed by atoms with Crippen LogP contribution in [0.4, 0.5) is 26.3 Å². The molecule has 2 aromatic rings. The molecule has 4 nitrogen and oxygen atoms in total. The minimum Gasteiger partial charge on any atom is -0.166 e. The normalized spacial score (nSPS) is 12.2. The first kappa shape index (κ1) is 15.8. The quantitative estimate of drug-likeness (QED) is 0.631. The molecule has 0 saturated carbocycles. The minimum absolute atomic E-state index is 0.0232. The molecular formula is C12H6F6N4. The van der Waals surface area contributed by atoms with E-state index in [2.05, 4.69) is 21.3 Å². The Balaban J connectivity index is 2.57. The molecule has 0 amide bonds.